The van der Waals surface area contributed by atoms with Crippen molar-refractivity contribution in [2.24, 2.45) is 5.10 Å². The summed E-state index contributed by atoms with van der Waals surface area (Å²) >= 11 is 0. The van der Waals surface area contributed by atoms with Gasteiger partial charge in [-0.2, -0.15) is 0 Å². The van der Waals surface area contributed by atoms with Gasteiger partial charge in [-0.25, -0.2) is 4.59 Å². The lowest BCUT2D eigenvalue weighted by atomic mass is 10.2. The van der Waals surface area contributed by atoms with Gasteiger partial charge in [0.2, 0.25) is 0 Å². The average Bonchev–Trinajstić information content (AvgIpc) is 2.29. The molecule has 0 N–H and O–H groups in total. The molecule has 5 heteroatoms. The van der Waals surface area contributed by atoms with E-state index < -0.39 is 0 Å². The Hall–Kier alpha value is -0.820. The molecule has 0 unspecified atom stereocenters. The first-order chi connectivity index (χ1) is 8.46. The van der Waals surface area contributed by atoms with Gasteiger partial charge < -0.3 is 33.5 Å². The maximum atomic E-state index is 5.57. The maximum absolute atomic E-state index is 5.57. The molecule has 0 aliphatic rings. The van der Waals surface area contributed by atoms with E-state index in [9.17, 15) is 0 Å². The number of rotatable bonds is 6. The molecule has 0 amide bonds. The van der Waals surface area contributed by atoms with Crippen LogP contribution in [0.3, 0.4) is 0 Å². The second-order valence-corrected chi connectivity index (χ2v) is 4.76. The van der Waals surface area contributed by atoms with Gasteiger partial charge in [0.05, 0.1) is 40.6 Å². The largest absolute Gasteiger partial charge is 1.00 e. The highest BCUT2D eigenvalue weighted by molar-refractivity contribution is 5.80. The van der Waals surface area contributed by atoms with E-state index in [1.165, 1.54) is 0 Å². The van der Waals surface area contributed by atoms with E-state index in [1.807, 2.05) is 59.4 Å². The van der Waals surface area contributed by atoms with Gasteiger partial charge in [0.25, 0.3) is 0 Å². The number of hydrogen-bond donors (Lipinski definition) is 0. The zero-order valence-electron chi connectivity index (χ0n) is 12.3. The van der Waals surface area contributed by atoms with Crippen LogP contribution in [0.15, 0.2) is 23.3 Å². The summed E-state index contributed by atoms with van der Waals surface area (Å²) in [4.78, 5) is 0. The predicted octanol–water partition coefficient (Wildman–Crippen LogP) is -0.472. The second kappa shape index (κ2) is 8.37. The Bertz CT molecular complexity index is 414. The van der Waals surface area contributed by atoms with Gasteiger partial charge >= 0.3 is 0 Å². The first-order valence-electron chi connectivity index (χ1n) is 6.23. The highest BCUT2D eigenvalue weighted by Gasteiger charge is 2.07. The number of quaternary nitrogens is 1. The Balaban J connectivity index is 0.00000324. The molecule has 0 atom stereocenters. The normalized spacial score (nSPS) is 11.2. The Kier molecular flexibility index (Phi) is 8.01. The molecule has 0 aliphatic carbocycles. The van der Waals surface area contributed by atoms with Crippen molar-refractivity contribution >= 4 is 6.21 Å². The summed E-state index contributed by atoms with van der Waals surface area (Å²) in [7, 11) is 6.03. The molecule has 1 aromatic carbocycles. The van der Waals surface area contributed by atoms with Gasteiger partial charge in [-0.15, -0.1) is 0 Å². The summed E-state index contributed by atoms with van der Waals surface area (Å²) in [5.41, 5.74) is 1.01. The van der Waals surface area contributed by atoms with Crippen LogP contribution in [0, 0.1) is 0 Å². The molecule has 4 nitrogen and oxygen atoms in total. The Morgan fingerprint density at radius 1 is 1.05 bits per heavy atom. The minimum Gasteiger partial charge on any atom is -1.00 e. The molecule has 0 bridgehead atoms. The molecule has 0 spiro atoms. The molecule has 0 radical (unpaired) electrons. The summed E-state index contributed by atoms with van der Waals surface area (Å²) in [5.74, 6) is 1.55. The van der Waals surface area contributed by atoms with Crippen LogP contribution in [0.25, 0.3) is 0 Å². The molecule has 0 aromatic heterocycles. The Labute approximate surface area is 133 Å². The van der Waals surface area contributed by atoms with Crippen molar-refractivity contribution in [1.29, 1.82) is 0 Å². The first-order valence-corrected chi connectivity index (χ1v) is 6.23. The fourth-order valence-electron chi connectivity index (χ4n) is 1.39. The average molecular weight is 378 g/mol. The topological polar surface area (TPSA) is 30.8 Å². The SMILES string of the molecule is CCOc1ccc(C=N[N+](C)(C)C)cc1OCC.[I-]. The van der Waals surface area contributed by atoms with Gasteiger partial charge in [0.15, 0.2) is 11.5 Å². The van der Waals surface area contributed by atoms with Gasteiger partial charge in [0.1, 0.15) is 0 Å². The first kappa shape index (κ1) is 18.2. The third-order valence-electron chi connectivity index (χ3n) is 2.12. The number of halogens is 1. The highest BCUT2D eigenvalue weighted by atomic mass is 127. The number of nitrogens with zero attached hydrogens (tertiary/aromatic N) is 2. The Morgan fingerprint density at radius 2 is 1.63 bits per heavy atom. The lowest BCUT2D eigenvalue weighted by Gasteiger charge is -2.15. The van der Waals surface area contributed by atoms with Crippen molar-refractivity contribution in [3.05, 3.63) is 23.8 Å². The fraction of sp³-hybridized carbons (Fsp3) is 0.500. The van der Waals surface area contributed by atoms with E-state index in [0.29, 0.717) is 17.8 Å². The second-order valence-electron chi connectivity index (χ2n) is 4.76. The molecule has 0 heterocycles. The van der Waals surface area contributed by atoms with Crippen LogP contribution < -0.4 is 33.5 Å². The van der Waals surface area contributed by atoms with Crippen molar-refractivity contribution in [2.45, 2.75) is 13.8 Å². The van der Waals surface area contributed by atoms with Crippen molar-refractivity contribution < 1.29 is 38.0 Å². The van der Waals surface area contributed by atoms with E-state index in [-0.39, 0.29) is 24.0 Å². The molecular weight excluding hydrogens is 355 g/mol. The lowest BCUT2D eigenvalue weighted by Crippen LogP contribution is -3.00. The van der Waals surface area contributed by atoms with Gasteiger partial charge in [-0.05, 0) is 32.0 Å². The van der Waals surface area contributed by atoms with Crippen molar-refractivity contribution in [1.82, 2.24) is 0 Å². The van der Waals surface area contributed by atoms with Gasteiger partial charge in [0, 0.05) is 5.56 Å². The lowest BCUT2D eigenvalue weighted by molar-refractivity contribution is -0.876. The van der Waals surface area contributed by atoms with E-state index in [4.69, 9.17) is 9.47 Å². The van der Waals surface area contributed by atoms with E-state index in [0.717, 1.165) is 17.1 Å². The zero-order chi connectivity index (χ0) is 13.6. The molecule has 19 heavy (non-hydrogen) atoms. The number of hydrogen-bond acceptors (Lipinski definition) is 3. The minimum absolute atomic E-state index is 0. The molecule has 0 fully saturated rings. The standard InChI is InChI=1S/C14H23N2O2.HI/c1-6-17-13-9-8-12(10-14(13)18-7-2)11-15-16(3,4)5;/h8-11H,6-7H2,1-5H3;1H/q+1;/p-1. The quantitative estimate of drug-likeness (QED) is 0.290. The summed E-state index contributed by atoms with van der Waals surface area (Å²) in [6.07, 6.45) is 1.85. The van der Waals surface area contributed by atoms with Crippen LogP contribution in [-0.2, 0) is 0 Å². The fourth-order valence-corrected chi connectivity index (χ4v) is 1.39. The molecule has 0 saturated heterocycles. The molecule has 1 rings (SSSR count). The molecular formula is C14H23IN2O2. The summed E-state index contributed by atoms with van der Waals surface area (Å²) in [6, 6.07) is 5.85. The van der Waals surface area contributed by atoms with Crippen LogP contribution in [0.2, 0.25) is 0 Å². The molecule has 108 valence electrons. The minimum atomic E-state index is 0. The van der Waals surface area contributed by atoms with Crippen LogP contribution in [-0.4, -0.2) is 45.2 Å². The number of benzene rings is 1. The van der Waals surface area contributed by atoms with E-state index >= 15 is 0 Å². The van der Waals surface area contributed by atoms with Crippen molar-refractivity contribution in [3.63, 3.8) is 0 Å². The molecule has 0 aliphatic heterocycles. The predicted molar refractivity (Wildman–Crippen MR) is 74.4 cm³/mol. The zero-order valence-corrected chi connectivity index (χ0v) is 14.5. The van der Waals surface area contributed by atoms with E-state index in [2.05, 4.69) is 5.10 Å². The van der Waals surface area contributed by atoms with E-state index in [1.54, 1.807) is 0 Å². The maximum Gasteiger partial charge on any atom is 0.161 e. The molecule has 0 saturated carbocycles. The number of ether oxygens (including phenoxy) is 2. The smallest absolute Gasteiger partial charge is 0.161 e. The monoisotopic (exact) mass is 378 g/mol. The third kappa shape index (κ3) is 6.77. The Morgan fingerprint density at radius 3 is 2.16 bits per heavy atom. The van der Waals surface area contributed by atoms with Crippen molar-refractivity contribution in [3.8, 4) is 11.5 Å². The van der Waals surface area contributed by atoms with Crippen LogP contribution in [0.1, 0.15) is 19.4 Å². The van der Waals surface area contributed by atoms with Crippen LogP contribution >= 0.6 is 0 Å². The van der Waals surface area contributed by atoms with Crippen LogP contribution in [0.4, 0.5) is 0 Å². The third-order valence-corrected chi connectivity index (χ3v) is 2.12. The van der Waals surface area contributed by atoms with Crippen molar-refractivity contribution in [2.75, 3.05) is 34.4 Å². The summed E-state index contributed by atoms with van der Waals surface area (Å²) < 4.78 is 11.6. The van der Waals surface area contributed by atoms with Crippen LogP contribution in [0.5, 0.6) is 11.5 Å². The van der Waals surface area contributed by atoms with Gasteiger partial charge in [-0.1, -0.05) is 5.10 Å². The summed E-state index contributed by atoms with van der Waals surface area (Å²) in [5, 5.41) is 4.42. The summed E-state index contributed by atoms with van der Waals surface area (Å²) in [6.45, 7) is 5.17. The molecule has 1 aromatic rings. The highest BCUT2D eigenvalue weighted by Crippen LogP contribution is 2.28. The van der Waals surface area contributed by atoms with Gasteiger partial charge in [-0.3, -0.25) is 0 Å².